The summed E-state index contributed by atoms with van der Waals surface area (Å²) in [4.78, 5) is 66.8. The van der Waals surface area contributed by atoms with Gasteiger partial charge in [0, 0.05) is 25.7 Å². The van der Waals surface area contributed by atoms with Gasteiger partial charge >= 0.3 is 31.7 Å². The zero-order valence-corrected chi connectivity index (χ0v) is 78.3. The van der Waals surface area contributed by atoms with E-state index in [4.69, 9.17) is 46.9 Å². The molecule has 1 saturated carbocycles. The van der Waals surface area contributed by atoms with E-state index in [2.05, 4.69) is 41.5 Å². The van der Waals surface area contributed by atoms with Crippen molar-refractivity contribution >= 4 is 31.7 Å². The molecule has 3 fully saturated rings. The summed E-state index contributed by atoms with van der Waals surface area (Å²) in [5, 5.41) is 103. The topological polar surface area (TPSA) is 380 Å². The molecule has 26 heteroatoms. The molecule has 3 rings (SSSR count). The molecule has 0 amide bonds. The van der Waals surface area contributed by atoms with Crippen LogP contribution in [0, 0.1) is 11.8 Å². The second-order valence-electron chi connectivity index (χ2n) is 36.6. The smallest absolute Gasteiger partial charge is 0.463 e. The summed E-state index contributed by atoms with van der Waals surface area (Å²) in [5.74, 6) is -1.63. The van der Waals surface area contributed by atoms with Gasteiger partial charge < -0.3 is 88.7 Å². The Labute approximate surface area is 738 Å². The van der Waals surface area contributed by atoms with E-state index < -0.39 is 162 Å². The molecular weight excluding hydrogens is 1580 g/mol. The normalized spacial score (nSPS) is 25.0. The van der Waals surface area contributed by atoms with Crippen LogP contribution in [0.5, 0.6) is 0 Å². The molecule has 20 atom stereocenters. The van der Waals surface area contributed by atoms with Crippen molar-refractivity contribution in [3.63, 3.8) is 0 Å². The fourth-order valence-corrected chi connectivity index (χ4v) is 18.0. The first-order valence-electron chi connectivity index (χ1n) is 50.1. The fourth-order valence-electron chi connectivity index (χ4n) is 17.0. The molecule has 10 N–H and O–H groups in total. The van der Waals surface area contributed by atoms with Gasteiger partial charge in [0.05, 0.1) is 13.2 Å². The van der Waals surface area contributed by atoms with Gasteiger partial charge in [-0.2, -0.15) is 0 Å². The van der Waals surface area contributed by atoms with Crippen LogP contribution in [0.2, 0.25) is 0 Å². The molecule has 0 aromatic rings. The molecule has 2 heterocycles. The highest BCUT2D eigenvalue weighted by Crippen LogP contribution is 2.49. The highest BCUT2D eigenvalue weighted by Gasteiger charge is 2.60. The minimum absolute atomic E-state index is 0.0193. The maximum Gasteiger partial charge on any atom is 0.472 e. The zero-order valence-electron chi connectivity index (χ0n) is 77.4. The Morgan fingerprint density at radius 1 is 0.320 bits per heavy atom. The van der Waals surface area contributed by atoms with Crippen molar-refractivity contribution in [2.75, 3.05) is 26.4 Å². The summed E-state index contributed by atoms with van der Waals surface area (Å²) >= 11 is 0. The number of ether oxygens (including phenoxy) is 8. The van der Waals surface area contributed by atoms with Crippen molar-refractivity contribution in [3.8, 4) is 0 Å². The maximum atomic E-state index is 15.0. The number of unbranched alkanes of at least 4 members (excludes halogenated alkanes) is 49. The summed E-state index contributed by atoms with van der Waals surface area (Å²) in [5.41, 5.74) is 0. The van der Waals surface area contributed by atoms with Crippen LogP contribution in [0.4, 0.5) is 0 Å². The predicted molar refractivity (Wildman–Crippen MR) is 476 cm³/mol. The standard InChI is InChI=1S/C96H181O25P/c1-7-11-15-19-23-25-27-29-31-33-35-37-39-41-52-60-68-81(100)115-76(71-112-79(98)66-58-51-44-42-48-56-64-74(5)62-54-46-21-17-13-9-3)72-114-122(110,111)121-94-92(119-95-89(108)85(104)83(102)77(70-97)116-95)88(107)87(106)91(118-82(101)69-61-53-45-43-49-57-65-75(6)63-55-47-22-18-14-10-4)93(94)120-96-90(109)86(105)84(103)78(117-96)73-113-80(99)67-59-50-40-38-36-34-32-30-28-26-24-20-16-12-8-2/h74-78,83-97,102-109H,7-73H2,1-6H3,(H,110,111). The summed E-state index contributed by atoms with van der Waals surface area (Å²) < 4.78 is 73.7. The van der Waals surface area contributed by atoms with Gasteiger partial charge in [-0.15, -0.1) is 0 Å². The van der Waals surface area contributed by atoms with Crippen molar-refractivity contribution < 1.29 is 122 Å². The molecule has 0 radical (unpaired) electrons. The lowest BCUT2D eigenvalue weighted by Gasteiger charge is -2.50. The molecule has 25 nitrogen and oxygen atoms in total. The molecule has 3 aliphatic rings. The van der Waals surface area contributed by atoms with Gasteiger partial charge in [-0.3, -0.25) is 28.2 Å². The first-order chi connectivity index (χ1) is 59.0. The molecule has 0 aromatic carbocycles. The van der Waals surface area contributed by atoms with Gasteiger partial charge in [0.1, 0.15) is 92.6 Å². The third-order valence-electron chi connectivity index (χ3n) is 25.2. The lowest BCUT2D eigenvalue weighted by atomic mass is 9.84. The highest BCUT2D eigenvalue weighted by molar-refractivity contribution is 7.47. The molecule has 122 heavy (non-hydrogen) atoms. The van der Waals surface area contributed by atoms with E-state index in [0.717, 1.165) is 128 Å². The average molecular weight is 1770 g/mol. The Balaban J connectivity index is 1.91. The van der Waals surface area contributed by atoms with Crippen molar-refractivity contribution in [2.45, 2.75) is 550 Å². The summed E-state index contributed by atoms with van der Waals surface area (Å²) in [6.45, 7) is 10.3. The van der Waals surface area contributed by atoms with Crippen LogP contribution in [0.1, 0.15) is 446 Å². The van der Waals surface area contributed by atoms with Gasteiger partial charge in [0.2, 0.25) is 0 Å². The van der Waals surface area contributed by atoms with E-state index >= 15 is 0 Å². The molecule has 720 valence electrons. The van der Waals surface area contributed by atoms with Crippen LogP contribution in [0.15, 0.2) is 0 Å². The minimum Gasteiger partial charge on any atom is -0.463 e. The Hall–Kier alpha value is -2.53. The summed E-state index contributed by atoms with van der Waals surface area (Å²) in [6.07, 6.45) is 29.3. The molecule has 0 bridgehead atoms. The third kappa shape index (κ3) is 53.0. The highest BCUT2D eigenvalue weighted by atomic mass is 31.2. The van der Waals surface area contributed by atoms with Crippen molar-refractivity contribution in [1.82, 2.24) is 0 Å². The Kier molecular flexibility index (Phi) is 68.2. The minimum atomic E-state index is -5.81. The van der Waals surface area contributed by atoms with Gasteiger partial charge in [-0.25, -0.2) is 4.57 Å². The van der Waals surface area contributed by atoms with Crippen molar-refractivity contribution in [2.24, 2.45) is 11.8 Å². The number of aliphatic hydroxyl groups is 9. The third-order valence-corrected chi connectivity index (χ3v) is 26.1. The number of phosphoric acid groups is 1. The van der Waals surface area contributed by atoms with Crippen LogP contribution in [0.3, 0.4) is 0 Å². The van der Waals surface area contributed by atoms with Gasteiger partial charge in [-0.1, -0.05) is 395 Å². The zero-order chi connectivity index (χ0) is 89.2. The van der Waals surface area contributed by atoms with Crippen LogP contribution >= 0.6 is 7.82 Å². The van der Waals surface area contributed by atoms with E-state index in [0.29, 0.717) is 43.9 Å². The number of carbonyl (C=O) groups excluding carboxylic acids is 4. The number of phosphoric ester groups is 1. The second-order valence-corrected chi connectivity index (χ2v) is 38.0. The lowest BCUT2D eigenvalue weighted by molar-refractivity contribution is -0.360. The molecule has 2 saturated heterocycles. The summed E-state index contributed by atoms with van der Waals surface area (Å²) in [7, 11) is -5.81. The van der Waals surface area contributed by atoms with E-state index in [1.54, 1.807) is 0 Å². The molecule has 0 spiro atoms. The second kappa shape index (κ2) is 73.2. The van der Waals surface area contributed by atoms with Crippen molar-refractivity contribution in [3.05, 3.63) is 0 Å². The van der Waals surface area contributed by atoms with Crippen LogP contribution in [-0.4, -0.2) is 205 Å². The van der Waals surface area contributed by atoms with Gasteiger partial charge in [-0.05, 0) is 37.5 Å². The lowest BCUT2D eigenvalue weighted by Crippen LogP contribution is -2.70. The number of esters is 4. The fraction of sp³-hybridized carbons (Fsp3) is 0.958. The van der Waals surface area contributed by atoms with E-state index in [1.165, 1.54) is 218 Å². The Bertz CT molecular complexity index is 2560. The van der Waals surface area contributed by atoms with Crippen LogP contribution in [0.25, 0.3) is 0 Å². The number of hydrogen-bond acceptors (Lipinski definition) is 24. The Morgan fingerprint density at radius 2 is 0.615 bits per heavy atom. The Morgan fingerprint density at radius 3 is 0.975 bits per heavy atom. The first kappa shape index (κ1) is 114. The van der Waals surface area contributed by atoms with Crippen LogP contribution in [-0.2, 0) is 70.7 Å². The van der Waals surface area contributed by atoms with E-state index in [-0.39, 0.29) is 25.7 Å². The largest absolute Gasteiger partial charge is 0.472 e. The van der Waals surface area contributed by atoms with Crippen molar-refractivity contribution in [1.29, 1.82) is 0 Å². The number of aliphatic hydroxyl groups excluding tert-OH is 9. The van der Waals surface area contributed by atoms with E-state index in [9.17, 15) is 74.6 Å². The predicted octanol–water partition coefficient (Wildman–Crippen LogP) is 19.4. The molecular formula is C96H181O25P. The van der Waals surface area contributed by atoms with Gasteiger partial charge in [0.25, 0.3) is 0 Å². The number of carbonyl (C=O) groups is 4. The quantitative estimate of drug-likeness (QED) is 0.0117. The maximum absolute atomic E-state index is 15.0. The SMILES string of the molecule is CCCCCCCCCCCCCCCCCCC(=O)OC(COC(=O)CCCCCCCCC(C)CCCCCCCC)COP(=O)(O)OC1C(OC2OC(CO)C(O)C(O)C2O)C(O)C(O)C(OC(=O)CCCCCCCCC(C)CCCCCCCC)C1OC1OC(COC(=O)CCCCCCCCCCCCCCCCC)C(O)C(O)C1O. The summed E-state index contributed by atoms with van der Waals surface area (Å²) in [6, 6.07) is 0. The van der Waals surface area contributed by atoms with Crippen LogP contribution < -0.4 is 0 Å². The molecule has 0 aromatic heterocycles. The average Bonchev–Trinajstić information content (AvgIpc) is 0.753. The number of hydrogen-bond donors (Lipinski definition) is 10. The molecule has 20 unspecified atom stereocenters. The number of rotatable bonds is 81. The van der Waals surface area contributed by atoms with E-state index in [1.807, 2.05) is 0 Å². The molecule has 1 aliphatic carbocycles. The monoisotopic (exact) mass is 1770 g/mol. The molecule has 2 aliphatic heterocycles. The first-order valence-corrected chi connectivity index (χ1v) is 51.5. The van der Waals surface area contributed by atoms with Gasteiger partial charge in [0.15, 0.2) is 24.8 Å².